The molecule has 2 nitrogen and oxygen atoms in total. The molecule has 2 aliphatic rings. The van der Waals surface area contributed by atoms with Crippen molar-refractivity contribution in [1.29, 1.82) is 0 Å². The molecule has 1 aliphatic carbocycles. The van der Waals surface area contributed by atoms with Gasteiger partial charge in [-0.3, -0.25) is 0 Å². The lowest BCUT2D eigenvalue weighted by atomic mass is 9.96. The van der Waals surface area contributed by atoms with E-state index in [-0.39, 0.29) is 10.1 Å². The molecule has 0 amide bonds. The zero-order valence-electron chi connectivity index (χ0n) is 9.73. The summed E-state index contributed by atoms with van der Waals surface area (Å²) < 4.78 is 0. The van der Waals surface area contributed by atoms with E-state index in [9.17, 15) is 10.2 Å². The maximum absolute atomic E-state index is 10.2. The highest BCUT2D eigenvalue weighted by atomic mass is 35.5. The van der Waals surface area contributed by atoms with Crippen LogP contribution in [0.4, 0.5) is 0 Å². The zero-order valence-corrected chi connectivity index (χ0v) is 12.1. The average Bonchev–Trinajstić information content (AvgIpc) is 2.57. The van der Waals surface area contributed by atoms with Crippen LogP contribution in [0.1, 0.15) is 11.1 Å². The summed E-state index contributed by atoms with van der Waals surface area (Å²) in [5.74, 6) is -1.48. The van der Waals surface area contributed by atoms with E-state index < -0.39 is 5.79 Å². The summed E-state index contributed by atoms with van der Waals surface area (Å²) in [5, 5.41) is 20.4. The van der Waals surface area contributed by atoms with Gasteiger partial charge >= 0.3 is 0 Å². The highest BCUT2D eigenvalue weighted by molar-refractivity contribution is 8.02. The molecule has 2 N–H and O–H groups in total. The summed E-state index contributed by atoms with van der Waals surface area (Å²) in [7, 11) is 0. The van der Waals surface area contributed by atoms with Crippen molar-refractivity contribution in [1.82, 2.24) is 0 Å². The first-order valence-corrected chi connectivity index (χ1v) is 7.40. The fraction of sp³-hybridized carbons (Fsp3) is 0.143. The zero-order chi connectivity index (χ0) is 13.6. The molecule has 0 atom stereocenters. The molecule has 0 unspecified atom stereocenters. The first-order valence-electron chi connectivity index (χ1n) is 5.65. The minimum atomic E-state index is -2.23. The van der Waals surface area contributed by atoms with E-state index in [0.29, 0.717) is 5.57 Å². The highest BCUT2D eigenvalue weighted by Crippen LogP contribution is 2.47. The third kappa shape index (κ3) is 2.16. The molecule has 0 saturated carbocycles. The summed E-state index contributed by atoms with van der Waals surface area (Å²) in [6, 6.07) is 7.84. The van der Waals surface area contributed by atoms with Crippen LogP contribution >= 0.6 is 35.0 Å². The van der Waals surface area contributed by atoms with E-state index >= 15 is 0 Å². The number of aliphatic hydroxyl groups is 2. The standard InChI is InChI=1S/C14H10Cl2O2S/c15-11-6-12-10(14(17,18)13(11)16)5-8-3-1-2-4-9(8)7-19-12/h1-6,17-18H,7H2. The summed E-state index contributed by atoms with van der Waals surface area (Å²) >= 11 is 13.4. The van der Waals surface area contributed by atoms with Crippen molar-refractivity contribution in [2.75, 3.05) is 0 Å². The third-order valence-corrected chi connectivity index (χ3v) is 5.12. The molecule has 1 heterocycles. The van der Waals surface area contributed by atoms with Gasteiger partial charge in [0, 0.05) is 16.2 Å². The van der Waals surface area contributed by atoms with Crippen LogP contribution in [0.5, 0.6) is 0 Å². The van der Waals surface area contributed by atoms with Crippen molar-refractivity contribution in [3.63, 3.8) is 0 Å². The predicted molar refractivity (Wildman–Crippen MR) is 79.7 cm³/mol. The minimum Gasteiger partial charge on any atom is -0.358 e. The monoisotopic (exact) mass is 312 g/mol. The van der Waals surface area contributed by atoms with E-state index in [1.54, 1.807) is 12.2 Å². The number of hydrogen-bond donors (Lipinski definition) is 2. The first kappa shape index (κ1) is 13.3. The van der Waals surface area contributed by atoms with Gasteiger partial charge in [-0.25, -0.2) is 0 Å². The van der Waals surface area contributed by atoms with Gasteiger partial charge in [-0.05, 0) is 23.3 Å². The van der Waals surface area contributed by atoms with Crippen molar-refractivity contribution < 1.29 is 10.2 Å². The molecule has 0 aromatic heterocycles. The topological polar surface area (TPSA) is 40.5 Å². The van der Waals surface area contributed by atoms with E-state index in [0.717, 1.165) is 21.8 Å². The van der Waals surface area contributed by atoms with Crippen LogP contribution in [0.3, 0.4) is 0 Å². The Morgan fingerprint density at radius 2 is 1.84 bits per heavy atom. The van der Waals surface area contributed by atoms with Gasteiger partial charge in [0.25, 0.3) is 0 Å². The lowest BCUT2D eigenvalue weighted by molar-refractivity contribution is -0.0859. The molecule has 0 bridgehead atoms. The SMILES string of the molecule is OC1(O)C2=Cc3ccccc3CSC2=CC(Cl)=C1Cl. The summed E-state index contributed by atoms with van der Waals surface area (Å²) in [6.07, 6.45) is 3.43. The largest absolute Gasteiger partial charge is 0.358 e. The second-order valence-corrected chi connectivity index (χ2v) is 6.19. The Morgan fingerprint density at radius 3 is 2.63 bits per heavy atom. The van der Waals surface area contributed by atoms with Crippen LogP contribution < -0.4 is 0 Å². The normalized spacial score (nSPS) is 21.1. The Morgan fingerprint density at radius 1 is 1.11 bits per heavy atom. The van der Waals surface area contributed by atoms with E-state index in [2.05, 4.69) is 0 Å². The smallest absolute Gasteiger partial charge is 0.230 e. The number of fused-ring (bicyclic) bond motifs is 2. The average molecular weight is 313 g/mol. The molecule has 0 saturated heterocycles. The Labute approximate surface area is 125 Å². The van der Waals surface area contributed by atoms with Gasteiger partial charge < -0.3 is 10.2 Å². The molecule has 0 fully saturated rings. The van der Waals surface area contributed by atoms with E-state index in [1.807, 2.05) is 24.3 Å². The highest BCUT2D eigenvalue weighted by Gasteiger charge is 2.40. The molecule has 1 aliphatic heterocycles. The van der Waals surface area contributed by atoms with Crippen LogP contribution in [0.2, 0.25) is 0 Å². The first-order chi connectivity index (χ1) is 9.00. The second kappa shape index (κ2) is 4.69. The molecular formula is C14H10Cl2O2S. The van der Waals surface area contributed by atoms with Gasteiger partial charge in [0.05, 0.1) is 5.03 Å². The molecule has 19 heavy (non-hydrogen) atoms. The fourth-order valence-electron chi connectivity index (χ4n) is 2.12. The third-order valence-electron chi connectivity index (χ3n) is 3.15. The number of hydrogen-bond acceptors (Lipinski definition) is 3. The van der Waals surface area contributed by atoms with Crippen LogP contribution in [0.25, 0.3) is 6.08 Å². The van der Waals surface area contributed by atoms with Crippen LogP contribution in [-0.2, 0) is 5.75 Å². The molecule has 0 radical (unpaired) electrons. The van der Waals surface area contributed by atoms with Gasteiger partial charge in [0.2, 0.25) is 5.79 Å². The lowest BCUT2D eigenvalue weighted by Crippen LogP contribution is -2.34. The maximum Gasteiger partial charge on any atom is 0.230 e. The molecule has 1 aromatic carbocycles. The molecule has 3 rings (SSSR count). The van der Waals surface area contributed by atoms with E-state index in [4.69, 9.17) is 23.2 Å². The number of thioether (sulfide) groups is 1. The Balaban J connectivity index is 2.21. The number of benzene rings is 1. The van der Waals surface area contributed by atoms with Crippen molar-refractivity contribution in [3.05, 3.63) is 62.0 Å². The van der Waals surface area contributed by atoms with Crippen molar-refractivity contribution in [2.24, 2.45) is 0 Å². The van der Waals surface area contributed by atoms with Gasteiger partial charge in [0.15, 0.2) is 0 Å². The maximum atomic E-state index is 10.2. The van der Waals surface area contributed by atoms with Gasteiger partial charge in [0.1, 0.15) is 5.03 Å². The number of allylic oxidation sites excluding steroid dienone is 2. The van der Waals surface area contributed by atoms with Crippen LogP contribution in [0.15, 0.2) is 50.9 Å². The molecule has 0 spiro atoms. The van der Waals surface area contributed by atoms with Crippen molar-refractivity contribution in [3.8, 4) is 0 Å². The second-order valence-electron chi connectivity index (χ2n) is 4.39. The van der Waals surface area contributed by atoms with Gasteiger partial charge in [-0.15, -0.1) is 11.8 Å². The quantitative estimate of drug-likeness (QED) is 0.719. The fourth-order valence-corrected chi connectivity index (χ4v) is 3.72. The van der Waals surface area contributed by atoms with E-state index in [1.165, 1.54) is 11.8 Å². The number of halogens is 2. The predicted octanol–water partition coefficient (Wildman–Crippen LogP) is 3.58. The molecule has 5 heteroatoms. The van der Waals surface area contributed by atoms with Crippen molar-refractivity contribution >= 4 is 41.0 Å². The van der Waals surface area contributed by atoms with Gasteiger partial charge in [-0.1, -0.05) is 47.5 Å². The molecular weight excluding hydrogens is 303 g/mol. The molecule has 1 aromatic rings. The van der Waals surface area contributed by atoms with Crippen molar-refractivity contribution in [2.45, 2.75) is 11.5 Å². The molecule has 98 valence electrons. The number of rotatable bonds is 0. The van der Waals surface area contributed by atoms with Crippen LogP contribution in [0, 0.1) is 0 Å². The summed E-state index contributed by atoms with van der Waals surface area (Å²) in [5.41, 5.74) is 2.47. The Hall–Kier alpha value is -0.710. The summed E-state index contributed by atoms with van der Waals surface area (Å²) in [4.78, 5) is 0.732. The van der Waals surface area contributed by atoms with Crippen LogP contribution in [-0.4, -0.2) is 16.0 Å². The Bertz CT molecular complexity index is 645. The lowest BCUT2D eigenvalue weighted by Gasteiger charge is -2.29. The Kier molecular flexibility index (Phi) is 3.28. The minimum absolute atomic E-state index is 0.163. The summed E-state index contributed by atoms with van der Waals surface area (Å²) in [6.45, 7) is 0. The van der Waals surface area contributed by atoms with Gasteiger partial charge in [-0.2, -0.15) is 0 Å².